The zero-order chi connectivity index (χ0) is 12.0. The fourth-order valence-electron chi connectivity index (χ4n) is 1.49. The molecule has 3 heteroatoms. The van der Waals surface area contributed by atoms with Crippen molar-refractivity contribution in [1.82, 2.24) is 0 Å². The van der Waals surface area contributed by atoms with Crippen LogP contribution in [0.4, 0.5) is 0 Å². The van der Waals surface area contributed by atoms with Crippen LogP contribution in [0.25, 0.3) is 0 Å². The largest absolute Gasteiger partial charge is 0.493 e. The van der Waals surface area contributed by atoms with Gasteiger partial charge in [-0.05, 0) is 37.0 Å². The molecule has 0 unspecified atom stereocenters. The van der Waals surface area contributed by atoms with Gasteiger partial charge in [0, 0.05) is 10.6 Å². The van der Waals surface area contributed by atoms with Crippen molar-refractivity contribution in [2.45, 2.75) is 33.3 Å². The third-order valence-corrected chi connectivity index (χ3v) is 2.61. The molecule has 1 aromatic rings. The minimum Gasteiger partial charge on any atom is -0.493 e. The Morgan fingerprint density at radius 1 is 1.38 bits per heavy atom. The van der Waals surface area contributed by atoms with Gasteiger partial charge in [-0.25, -0.2) is 0 Å². The molecular weight excluding hydrogens is 224 g/mol. The number of halogens is 1. The molecule has 0 saturated carbocycles. The summed E-state index contributed by atoms with van der Waals surface area (Å²) in [7, 11) is 0. The van der Waals surface area contributed by atoms with Crippen LogP contribution >= 0.6 is 11.6 Å². The van der Waals surface area contributed by atoms with Crippen LogP contribution < -0.4 is 4.74 Å². The van der Waals surface area contributed by atoms with Crippen molar-refractivity contribution in [1.29, 1.82) is 0 Å². The molecule has 0 heterocycles. The number of aliphatic hydroxyl groups excluding tert-OH is 1. The lowest BCUT2D eigenvalue weighted by Crippen LogP contribution is -2.02. The summed E-state index contributed by atoms with van der Waals surface area (Å²) in [4.78, 5) is 0. The molecule has 0 aliphatic carbocycles. The topological polar surface area (TPSA) is 29.5 Å². The number of hydrogen-bond acceptors (Lipinski definition) is 2. The Labute approximate surface area is 102 Å². The molecule has 0 bridgehead atoms. The molecule has 16 heavy (non-hydrogen) atoms. The lowest BCUT2D eigenvalue weighted by atomic mass is 10.1. The van der Waals surface area contributed by atoms with Crippen molar-refractivity contribution >= 4 is 11.6 Å². The zero-order valence-electron chi connectivity index (χ0n) is 9.87. The highest BCUT2D eigenvalue weighted by molar-refractivity contribution is 6.30. The van der Waals surface area contributed by atoms with Crippen molar-refractivity contribution in [3.8, 4) is 5.75 Å². The van der Waals surface area contributed by atoms with E-state index in [1.54, 1.807) is 12.1 Å². The van der Waals surface area contributed by atoms with Gasteiger partial charge in [0.2, 0.25) is 0 Å². The van der Waals surface area contributed by atoms with E-state index < -0.39 is 0 Å². The molecule has 0 saturated heterocycles. The summed E-state index contributed by atoms with van der Waals surface area (Å²) in [5.41, 5.74) is 0.747. The Bertz CT molecular complexity index is 324. The Kier molecular flexibility index (Phi) is 5.64. The van der Waals surface area contributed by atoms with E-state index in [9.17, 15) is 0 Å². The molecule has 2 nitrogen and oxygen atoms in total. The molecular formula is C13H19ClO2. The second-order valence-electron chi connectivity index (χ2n) is 4.29. The SMILES string of the molecule is CC(C)CCCOc1ccc(Cl)cc1CO. The van der Waals surface area contributed by atoms with E-state index >= 15 is 0 Å². The molecule has 1 aromatic carbocycles. The predicted molar refractivity (Wildman–Crippen MR) is 66.9 cm³/mol. The maximum atomic E-state index is 9.15. The highest BCUT2D eigenvalue weighted by Gasteiger charge is 2.03. The number of hydrogen-bond donors (Lipinski definition) is 1. The number of ether oxygens (including phenoxy) is 1. The van der Waals surface area contributed by atoms with Crippen LogP contribution in [0.5, 0.6) is 5.75 Å². The number of benzene rings is 1. The first-order chi connectivity index (χ1) is 7.63. The smallest absolute Gasteiger partial charge is 0.124 e. The number of aliphatic hydroxyl groups is 1. The van der Waals surface area contributed by atoms with Gasteiger partial charge in [-0.2, -0.15) is 0 Å². The van der Waals surface area contributed by atoms with Crippen LogP contribution in [-0.2, 0) is 6.61 Å². The first-order valence-electron chi connectivity index (χ1n) is 5.65. The van der Waals surface area contributed by atoms with Gasteiger partial charge >= 0.3 is 0 Å². The summed E-state index contributed by atoms with van der Waals surface area (Å²) in [6.45, 7) is 5.04. The molecule has 0 aliphatic rings. The van der Waals surface area contributed by atoms with Gasteiger partial charge < -0.3 is 9.84 Å². The molecule has 1 rings (SSSR count). The van der Waals surface area contributed by atoms with Crippen molar-refractivity contribution in [2.75, 3.05) is 6.61 Å². The quantitative estimate of drug-likeness (QED) is 0.772. The first kappa shape index (κ1) is 13.3. The van der Waals surface area contributed by atoms with Gasteiger partial charge in [0.1, 0.15) is 5.75 Å². The van der Waals surface area contributed by atoms with E-state index in [-0.39, 0.29) is 6.61 Å². The van der Waals surface area contributed by atoms with Gasteiger partial charge in [-0.1, -0.05) is 25.4 Å². The highest BCUT2D eigenvalue weighted by atomic mass is 35.5. The molecule has 0 radical (unpaired) electrons. The zero-order valence-corrected chi connectivity index (χ0v) is 10.6. The first-order valence-corrected chi connectivity index (χ1v) is 6.03. The third-order valence-electron chi connectivity index (χ3n) is 2.38. The van der Waals surface area contributed by atoms with E-state index in [1.165, 1.54) is 0 Å². The second kappa shape index (κ2) is 6.77. The maximum absolute atomic E-state index is 9.15. The lowest BCUT2D eigenvalue weighted by molar-refractivity contribution is 0.258. The fraction of sp³-hybridized carbons (Fsp3) is 0.538. The normalized spacial score (nSPS) is 10.8. The molecule has 0 fully saturated rings. The molecule has 0 aliphatic heterocycles. The van der Waals surface area contributed by atoms with Crippen molar-refractivity contribution in [3.05, 3.63) is 28.8 Å². The summed E-state index contributed by atoms with van der Waals surface area (Å²) in [5, 5.41) is 9.77. The van der Waals surface area contributed by atoms with Crippen LogP contribution in [0.15, 0.2) is 18.2 Å². The molecule has 0 spiro atoms. The van der Waals surface area contributed by atoms with Crippen LogP contribution in [0.2, 0.25) is 5.02 Å². The van der Waals surface area contributed by atoms with E-state index in [0.717, 1.165) is 24.2 Å². The monoisotopic (exact) mass is 242 g/mol. The average molecular weight is 243 g/mol. The van der Waals surface area contributed by atoms with Gasteiger partial charge in [-0.15, -0.1) is 0 Å². The Morgan fingerprint density at radius 3 is 2.75 bits per heavy atom. The third kappa shape index (κ3) is 4.42. The lowest BCUT2D eigenvalue weighted by Gasteiger charge is -2.11. The fourth-order valence-corrected chi connectivity index (χ4v) is 1.68. The molecule has 0 amide bonds. The molecule has 90 valence electrons. The van der Waals surface area contributed by atoms with Gasteiger partial charge in [0.15, 0.2) is 0 Å². The Morgan fingerprint density at radius 2 is 2.12 bits per heavy atom. The van der Waals surface area contributed by atoms with Gasteiger partial charge in [0.25, 0.3) is 0 Å². The van der Waals surface area contributed by atoms with Gasteiger partial charge in [0.05, 0.1) is 13.2 Å². The van der Waals surface area contributed by atoms with Crippen LogP contribution in [0, 0.1) is 5.92 Å². The summed E-state index contributed by atoms with van der Waals surface area (Å²) >= 11 is 5.83. The summed E-state index contributed by atoms with van der Waals surface area (Å²) in [5.74, 6) is 1.43. The predicted octanol–water partition coefficient (Wildman–Crippen LogP) is 3.65. The minimum atomic E-state index is -0.0416. The minimum absolute atomic E-state index is 0.0416. The van der Waals surface area contributed by atoms with Crippen molar-refractivity contribution in [3.63, 3.8) is 0 Å². The summed E-state index contributed by atoms with van der Waals surface area (Å²) < 4.78 is 5.61. The van der Waals surface area contributed by atoms with Gasteiger partial charge in [-0.3, -0.25) is 0 Å². The van der Waals surface area contributed by atoms with Crippen LogP contribution in [0.3, 0.4) is 0 Å². The average Bonchev–Trinajstić information content (AvgIpc) is 2.25. The number of rotatable bonds is 6. The van der Waals surface area contributed by atoms with E-state index in [2.05, 4.69) is 13.8 Å². The molecule has 0 aromatic heterocycles. The Hall–Kier alpha value is -0.730. The maximum Gasteiger partial charge on any atom is 0.124 e. The highest BCUT2D eigenvalue weighted by Crippen LogP contribution is 2.23. The molecule has 1 N–H and O–H groups in total. The van der Waals surface area contributed by atoms with E-state index in [1.807, 2.05) is 6.07 Å². The van der Waals surface area contributed by atoms with E-state index in [0.29, 0.717) is 17.5 Å². The van der Waals surface area contributed by atoms with Crippen LogP contribution in [-0.4, -0.2) is 11.7 Å². The Balaban J connectivity index is 2.47. The summed E-state index contributed by atoms with van der Waals surface area (Å²) in [6, 6.07) is 5.32. The molecule has 0 atom stereocenters. The van der Waals surface area contributed by atoms with Crippen molar-refractivity contribution < 1.29 is 9.84 Å². The van der Waals surface area contributed by atoms with Crippen molar-refractivity contribution in [2.24, 2.45) is 5.92 Å². The standard InChI is InChI=1S/C13H19ClO2/c1-10(2)4-3-7-16-13-6-5-12(14)8-11(13)9-15/h5-6,8,10,15H,3-4,7,9H2,1-2H3. The van der Waals surface area contributed by atoms with E-state index in [4.69, 9.17) is 21.4 Å². The summed E-state index contributed by atoms with van der Waals surface area (Å²) in [6.07, 6.45) is 2.19. The second-order valence-corrected chi connectivity index (χ2v) is 4.73. The van der Waals surface area contributed by atoms with Crippen LogP contribution in [0.1, 0.15) is 32.3 Å².